The van der Waals surface area contributed by atoms with Gasteiger partial charge >= 0.3 is 0 Å². The highest BCUT2D eigenvalue weighted by molar-refractivity contribution is 5.85. The minimum Gasteiger partial charge on any atom is -0.493 e. The zero-order valence-electron chi connectivity index (χ0n) is 35.9. The van der Waals surface area contributed by atoms with Crippen LogP contribution >= 0.6 is 0 Å². The highest BCUT2D eigenvalue weighted by Gasteiger charge is 2.24. The Hall–Kier alpha value is -5.79. The number of ether oxygens (including phenoxy) is 4. The summed E-state index contributed by atoms with van der Waals surface area (Å²) in [5.41, 5.74) is 7.69. The van der Waals surface area contributed by atoms with Gasteiger partial charge in [0, 0.05) is 83.0 Å². The molecule has 13 heteroatoms. The van der Waals surface area contributed by atoms with E-state index in [0.717, 1.165) is 158 Å². The molecular weight excluding hydrogens is 781 g/mol. The van der Waals surface area contributed by atoms with E-state index in [1.165, 1.54) is 41.9 Å². The Kier molecular flexibility index (Phi) is 13.7. The minimum atomic E-state index is 0.580. The van der Waals surface area contributed by atoms with E-state index in [1.54, 1.807) is 16.9 Å². The summed E-state index contributed by atoms with van der Waals surface area (Å²) in [5, 5.41) is 8.37. The van der Waals surface area contributed by atoms with Gasteiger partial charge in [0.05, 0.1) is 60.6 Å². The summed E-state index contributed by atoms with van der Waals surface area (Å²) in [7, 11) is 0. The number of piperazine rings is 1. The van der Waals surface area contributed by atoms with Gasteiger partial charge < -0.3 is 33.6 Å². The molecule has 2 fully saturated rings. The Bertz CT molecular complexity index is 2390. The lowest BCUT2D eigenvalue weighted by Gasteiger charge is -2.36. The summed E-state index contributed by atoms with van der Waals surface area (Å²) in [6, 6.07) is 22.9. The predicted octanol–water partition coefficient (Wildman–Crippen LogP) is 7.09. The second-order valence-corrected chi connectivity index (χ2v) is 16.7. The lowest BCUT2D eigenvalue weighted by Crippen LogP contribution is -2.46. The van der Waals surface area contributed by atoms with Gasteiger partial charge in [0.15, 0.2) is 6.29 Å². The molecule has 0 spiro atoms. The molecule has 0 radical (unpaired) electrons. The second-order valence-electron chi connectivity index (χ2n) is 16.7. The summed E-state index contributed by atoms with van der Waals surface area (Å²) in [5.74, 6) is 3.94. The molecule has 2 aromatic carbocycles. The van der Waals surface area contributed by atoms with Crippen LogP contribution in [0.15, 0.2) is 91.5 Å². The van der Waals surface area contributed by atoms with E-state index in [9.17, 15) is 4.79 Å². The number of nitrogens with zero attached hydrogens (tertiary/aromatic N) is 8. The van der Waals surface area contributed by atoms with E-state index in [-0.39, 0.29) is 0 Å². The highest BCUT2D eigenvalue weighted by atomic mass is 16.5. The van der Waals surface area contributed by atoms with E-state index in [2.05, 4.69) is 66.2 Å². The van der Waals surface area contributed by atoms with Crippen molar-refractivity contribution < 1.29 is 23.7 Å². The topological polar surface area (TPSA) is 102 Å². The molecule has 6 aromatic rings. The Morgan fingerprint density at radius 3 is 1.98 bits per heavy atom. The van der Waals surface area contributed by atoms with Crippen molar-refractivity contribution in [2.45, 2.75) is 51.4 Å². The number of hydrogen-bond acceptors (Lipinski definition) is 11. The van der Waals surface area contributed by atoms with Crippen LogP contribution < -0.4 is 28.7 Å². The van der Waals surface area contributed by atoms with Gasteiger partial charge in [-0.05, 0) is 106 Å². The number of aromatic nitrogens is 4. The first-order chi connectivity index (χ1) is 30.7. The Morgan fingerprint density at radius 1 is 0.613 bits per heavy atom. The van der Waals surface area contributed by atoms with Crippen LogP contribution in [0.5, 0.6) is 23.0 Å². The van der Waals surface area contributed by atoms with Crippen LogP contribution in [0.3, 0.4) is 0 Å². The average Bonchev–Trinajstić information content (AvgIpc) is 4.06. The Balaban J connectivity index is 0.000000158. The molecule has 4 aliphatic rings. The van der Waals surface area contributed by atoms with Crippen molar-refractivity contribution in [1.82, 2.24) is 29.0 Å². The molecule has 2 saturated heterocycles. The summed E-state index contributed by atoms with van der Waals surface area (Å²) in [6.07, 6.45) is 16.8. The van der Waals surface area contributed by atoms with Crippen LogP contribution in [-0.4, -0.2) is 127 Å². The smallest absolute Gasteiger partial charge is 0.153 e. The monoisotopic (exact) mass is 840 g/mol. The summed E-state index contributed by atoms with van der Waals surface area (Å²) < 4.78 is 27.3. The minimum absolute atomic E-state index is 0.580. The van der Waals surface area contributed by atoms with Crippen LogP contribution in [0.1, 0.15) is 60.0 Å². The fourth-order valence-electron chi connectivity index (χ4n) is 9.12. The average molecular weight is 841 g/mol. The second kappa shape index (κ2) is 20.4. The van der Waals surface area contributed by atoms with Gasteiger partial charge in [-0.3, -0.25) is 9.69 Å². The SMILES string of the molecule is O=Cc1cnn2ccc(OCCCCN3CCN(c4cccc5c4OCC5)CC3)cc12.c1cc2c(c(N3CCCN(CCCCOc4ccn5nccc5c4)CC3)c1)OCCC2. The Labute approximate surface area is 364 Å². The van der Waals surface area contributed by atoms with Crippen molar-refractivity contribution in [2.24, 2.45) is 0 Å². The molecule has 62 heavy (non-hydrogen) atoms. The fourth-order valence-corrected chi connectivity index (χ4v) is 9.12. The molecule has 0 bridgehead atoms. The third-order valence-electron chi connectivity index (χ3n) is 12.5. The predicted molar refractivity (Wildman–Crippen MR) is 243 cm³/mol. The van der Waals surface area contributed by atoms with Crippen molar-refractivity contribution in [3.05, 3.63) is 108 Å². The number of anilines is 2. The Morgan fingerprint density at radius 2 is 1.26 bits per heavy atom. The fraction of sp³-hybridized carbons (Fsp3) is 0.449. The van der Waals surface area contributed by atoms with Crippen molar-refractivity contribution >= 4 is 28.7 Å². The standard InChI is InChI=1S/C25H32N4O2.C24H28N4O3/c1(2-18-30-23-10-15-29-22(20-23)9-11-26-29)12-27-13-5-14-28(17-16-27)24-8-3-6-21-7-4-19-31-25(21)24;29-18-20-17-25-28-9-6-21(16-23(20)28)30-14-2-1-8-26-10-12-27(13-11-26)22-5-3-4-19-7-15-31-24(19)22/h3,6,8-11,15,20H,1-2,4-5,7,12-14,16-19H2;3-6,9,16-18H,1-2,7-8,10-15H2. The molecule has 13 nitrogen and oxygen atoms in total. The number of fused-ring (bicyclic) bond motifs is 4. The molecular formula is C49H60N8O5. The number of rotatable bonds is 15. The van der Waals surface area contributed by atoms with Crippen molar-refractivity contribution in [1.29, 1.82) is 0 Å². The van der Waals surface area contributed by atoms with Gasteiger partial charge in [-0.2, -0.15) is 10.2 Å². The van der Waals surface area contributed by atoms with E-state index in [0.29, 0.717) is 12.2 Å². The van der Waals surface area contributed by atoms with Crippen LogP contribution in [0.25, 0.3) is 11.0 Å². The first kappa shape index (κ1) is 41.6. The maximum Gasteiger partial charge on any atom is 0.153 e. The molecule has 4 aliphatic heterocycles. The number of benzene rings is 2. The van der Waals surface area contributed by atoms with Crippen molar-refractivity contribution in [3.8, 4) is 23.0 Å². The summed E-state index contributed by atoms with van der Waals surface area (Å²) >= 11 is 0. The van der Waals surface area contributed by atoms with Gasteiger partial charge in [-0.1, -0.05) is 24.3 Å². The summed E-state index contributed by atoms with van der Waals surface area (Å²) in [4.78, 5) is 21.2. The highest BCUT2D eigenvalue weighted by Crippen LogP contribution is 2.37. The number of unbranched alkanes of at least 4 members (excludes halogenated alkanes) is 2. The molecule has 0 saturated carbocycles. The number of hydrogen-bond donors (Lipinski definition) is 0. The van der Waals surface area contributed by atoms with Crippen molar-refractivity contribution in [3.63, 3.8) is 0 Å². The molecule has 0 amide bonds. The molecule has 4 aromatic heterocycles. The molecule has 8 heterocycles. The molecule has 326 valence electrons. The number of carbonyl (C=O) groups is 1. The van der Waals surface area contributed by atoms with Crippen LogP contribution in [0.2, 0.25) is 0 Å². The largest absolute Gasteiger partial charge is 0.493 e. The number of carbonyl (C=O) groups excluding carboxylic acids is 1. The van der Waals surface area contributed by atoms with Gasteiger partial charge in [0.25, 0.3) is 0 Å². The van der Waals surface area contributed by atoms with E-state index >= 15 is 0 Å². The van der Waals surface area contributed by atoms with E-state index in [4.69, 9.17) is 18.9 Å². The van der Waals surface area contributed by atoms with E-state index in [1.807, 2.05) is 47.2 Å². The molecule has 0 aliphatic carbocycles. The van der Waals surface area contributed by atoms with Gasteiger partial charge in [-0.25, -0.2) is 9.03 Å². The van der Waals surface area contributed by atoms with Crippen LogP contribution in [0, 0.1) is 0 Å². The quantitative estimate of drug-likeness (QED) is 0.0783. The van der Waals surface area contributed by atoms with Crippen molar-refractivity contribution in [2.75, 3.05) is 102 Å². The lowest BCUT2D eigenvalue weighted by atomic mass is 10.0. The molecule has 10 rings (SSSR count). The van der Waals surface area contributed by atoms with Crippen LogP contribution in [0.4, 0.5) is 11.4 Å². The maximum absolute atomic E-state index is 11.1. The third kappa shape index (κ3) is 10.1. The number of aryl methyl sites for hydroxylation is 1. The first-order valence-corrected chi connectivity index (χ1v) is 22.7. The zero-order chi connectivity index (χ0) is 41.9. The number of aldehydes is 1. The van der Waals surface area contributed by atoms with Gasteiger partial charge in [0.1, 0.15) is 23.0 Å². The lowest BCUT2D eigenvalue weighted by molar-refractivity contribution is 0.112. The molecule has 0 unspecified atom stereocenters. The van der Waals surface area contributed by atoms with E-state index < -0.39 is 0 Å². The third-order valence-corrected chi connectivity index (χ3v) is 12.5. The zero-order valence-corrected chi connectivity index (χ0v) is 35.9. The van der Waals surface area contributed by atoms with Crippen LogP contribution in [-0.2, 0) is 12.8 Å². The van der Waals surface area contributed by atoms with Gasteiger partial charge in [-0.15, -0.1) is 0 Å². The van der Waals surface area contributed by atoms with Gasteiger partial charge in [0.2, 0.25) is 0 Å². The first-order valence-electron chi connectivity index (χ1n) is 22.7. The summed E-state index contributed by atoms with van der Waals surface area (Å²) in [6.45, 7) is 14.0. The number of para-hydroxylation sites is 2. The number of pyridine rings is 2. The maximum atomic E-state index is 11.1. The molecule has 0 N–H and O–H groups in total. The normalized spacial score (nSPS) is 16.8. The molecule has 0 atom stereocenters.